The van der Waals surface area contributed by atoms with Crippen molar-refractivity contribution >= 4 is 23.5 Å². The number of aliphatic carboxylic acids is 1. The summed E-state index contributed by atoms with van der Waals surface area (Å²) >= 11 is 0. The highest BCUT2D eigenvalue weighted by Crippen LogP contribution is 2.29. The number of para-hydroxylation sites is 2. The lowest BCUT2D eigenvalue weighted by atomic mass is 9.98. The highest BCUT2D eigenvalue weighted by molar-refractivity contribution is 6.00. The highest BCUT2D eigenvalue weighted by Gasteiger charge is 2.30. The Morgan fingerprint density at radius 3 is 2.63 bits per heavy atom. The number of carbonyl (C=O) groups excluding carboxylic acids is 2. The van der Waals surface area contributed by atoms with Crippen LogP contribution >= 0.6 is 0 Å². The molecule has 2 aromatic rings. The Morgan fingerprint density at radius 2 is 1.89 bits per heavy atom. The van der Waals surface area contributed by atoms with Crippen LogP contribution in [0.4, 0.5) is 5.69 Å². The zero-order valence-corrected chi connectivity index (χ0v) is 14.8. The van der Waals surface area contributed by atoms with Crippen LogP contribution in [0.15, 0.2) is 48.5 Å². The molecule has 0 radical (unpaired) electrons. The molecule has 2 aromatic carbocycles. The van der Waals surface area contributed by atoms with E-state index >= 15 is 0 Å². The number of amides is 2. The summed E-state index contributed by atoms with van der Waals surface area (Å²) in [5.74, 6) is -1.39. The molecule has 2 unspecified atom stereocenters. The van der Waals surface area contributed by atoms with Gasteiger partial charge in [-0.05, 0) is 30.2 Å². The molecule has 0 aliphatic carbocycles. The quantitative estimate of drug-likeness (QED) is 0.726. The number of rotatable bonds is 6. The molecule has 2 amide bonds. The smallest absolute Gasteiger partial charge is 0.305 e. The van der Waals surface area contributed by atoms with E-state index in [-0.39, 0.29) is 12.8 Å². The monoisotopic (exact) mass is 368 g/mol. The minimum Gasteiger partial charge on any atom is -0.481 e. The van der Waals surface area contributed by atoms with E-state index in [1.807, 2.05) is 19.1 Å². The van der Waals surface area contributed by atoms with E-state index in [2.05, 4.69) is 10.6 Å². The summed E-state index contributed by atoms with van der Waals surface area (Å²) in [7, 11) is 0. The van der Waals surface area contributed by atoms with Crippen LogP contribution in [0.5, 0.6) is 5.75 Å². The molecule has 140 valence electrons. The number of carboxylic acids is 1. The second-order valence-electron chi connectivity index (χ2n) is 6.37. The maximum absolute atomic E-state index is 12.5. The van der Waals surface area contributed by atoms with Gasteiger partial charge in [-0.2, -0.15) is 0 Å². The zero-order valence-electron chi connectivity index (χ0n) is 14.8. The van der Waals surface area contributed by atoms with Crippen LogP contribution in [0.3, 0.4) is 0 Å². The van der Waals surface area contributed by atoms with Crippen LogP contribution in [-0.2, 0) is 14.4 Å². The molecule has 1 heterocycles. The summed E-state index contributed by atoms with van der Waals surface area (Å²) in [4.78, 5) is 35.9. The molecular formula is C20H20N2O5. The second kappa shape index (κ2) is 7.90. The SMILES string of the molecule is Cc1ccccc1C(CC(=O)O)NC(=O)CC1Oc2ccccc2NC1=O. The van der Waals surface area contributed by atoms with Crippen LogP contribution < -0.4 is 15.4 Å². The first-order valence-electron chi connectivity index (χ1n) is 8.57. The first-order valence-corrected chi connectivity index (χ1v) is 8.57. The molecule has 0 fully saturated rings. The molecule has 0 saturated heterocycles. The molecule has 3 N–H and O–H groups in total. The fraction of sp³-hybridized carbons (Fsp3) is 0.250. The summed E-state index contributed by atoms with van der Waals surface area (Å²) in [6.07, 6.45) is -1.43. The minimum absolute atomic E-state index is 0.206. The number of carbonyl (C=O) groups is 3. The predicted octanol–water partition coefficient (Wildman–Crippen LogP) is 2.42. The fourth-order valence-electron chi connectivity index (χ4n) is 3.04. The highest BCUT2D eigenvalue weighted by atomic mass is 16.5. The van der Waals surface area contributed by atoms with Gasteiger partial charge in [-0.15, -0.1) is 0 Å². The van der Waals surface area contributed by atoms with Crippen molar-refractivity contribution in [2.45, 2.75) is 31.9 Å². The van der Waals surface area contributed by atoms with Gasteiger partial charge in [0.2, 0.25) is 5.91 Å². The maximum Gasteiger partial charge on any atom is 0.305 e. The number of carboxylic acid groups (broad SMARTS) is 1. The predicted molar refractivity (Wildman–Crippen MR) is 98.4 cm³/mol. The molecule has 27 heavy (non-hydrogen) atoms. The van der Waals surface area contributed by atoms with E-state index in [1.165, 1.54) is 0 Å². The second-order valence-corrected chi connectivity index (χ2v) is 6.37. The van der Waals surface area contributed by atoms with E-state index in [0.717, 1.165) is 11.1 Å². The van der Waals surface area contributed by atoms with E-state index in [9.17, 15) is 19.5 Å². The molecule has 7 heteroatoms. The Bertz CT molecular complexity index is 880. The number of ether oxygens (including phenoxy) is 1. The molecule has 0 bridgehead atoms. The largest absolute Gasteiger partial charge is 0.481 e. The third kappa shape index (κ3) is 4.44. The third-order valence-corrected chi connectivity index (χ3v) is 4.36. The van der Waals surface area contributed by atoms with Crippen molar-refractivity contribution in [2.75, 3.05) is 5.32 Å². The topological polar surface area (TPSA) is 105 Å². The number of benzene rings is 2. The molecule has 3 rings (SSSR count). The zero-order chi connectivity index (χ0) is 19.4. The van der Waals surface area contributed by atoms with E-state index in [4.69, 9.17) is 4.74 Å². The van der Waals surface area contributed by atoms with Gasteiger partial charge in [0.1, 0.15) is 5.75 Å². The normalized spacial score (nSPS) is 16.5. The Labute approximate surface area is 156 Å². The average molecular weight is 368 g/mol. The van der Waals surface area contributed by atoms with Crippen molar-refractivity contribution in [3.8, 4) is 5.75 Å². The Kier molecular flexibility index (Phi) is 5.40. The molecular weight excluding hydrogens is 348 g/mol. The van der Waals surface area contributed by atoms with Gasteiger partial charge in [0, 0.05) is 0 Å². The summed E-state index contributed by atoms with van der Waals surface area (Å²) < 4.78 is 5.62. The van der Waals surface area contributed by atoms with Gasteiger partial charge < -0.3 is 20.5 Å². The van der Waals surface area contributed by atoms with Gasteiger partial charge in [0.05, 0.1) is 24.6 Å². The first kappa shape index (κ1) is 18.4. The average Bonchev–Trinajstić information content (AvgIpc) is 2.62. The van der Waals surface area contributed by atoms with Gasteiger partial charge in [-0.1, -0.05) is 36.4 Å². The molecule has 7 nitrogen and oxygen atoms in total. The lowest BCUT2D eigenvalue weighted by molar-refractivity contribution is -0.138. The van der Waals surface area contributed by atoms with Crippen molar-refractivity contribution in [3.05, 3.63) is 59.7 Å². The Balaban J connectivity index is 1.70. The summed E-state index contributed by atoms with van der Waals surface area (Å²) in [6.45, 7) is 1.85. The number of anilines is 1. The van der Waals surface area contributed by atoms with Gasteiger partial charge in [-0.3, -0.25) is 14.4 Å². The van der Waals surface area contributed by atoms with Crippen LogP contribution in [0.2, 0.25) is 0 Å². The van der Waals surface area contributed by atoms with E-state index in [0.29, 0.717) is 11.4 Å². The Morgan fingerprint density at radius 1 is 1.19 bits per heavy atom. The number of aryl methyl sites for hydroxylation is 1. The van der Waals surface area contributed by atoms with Gasteiger partial charge in [0.25, 0.3) is 5.91 Å². The van der Waals surface area contributed by atoms with Crippen molar-refractivity contribution < 1.29 is 24.2 Å². The molecule has 1 aliphatic heterocycles. The van der Waals surface area contributed by atoms with Gasteiger partial charge >= 0.3 is 5.97 Å². The molecule has 1 aliphatic rings. The van der Waals surface area contributed by atoms with Gasteiger partial charge in [-0.25, -0.2) is 0 Å². The lowest BCUT2D eigenvalue weighted by Gasteiger charge is -2.26. The summed E-state index contributed by atoms with van der Waals surface area (Å²) in [5.41, 5.74) is 2.17. The van der Waals surface area contributed by atoms with Crippen molar-refractivity contribution in [1.29, 1.82) is 0 Å². The summed E-state index contributed by atoms with van der Waals surface area (Å²) in [5, 5.41) is 14.6. The Hall–Kier alpha value is -3.35. The van der Waals surface area contributed by atoms with Crippen LogP contribution in [0.25, 0.3) is 0 Å². The van der Waals surface area contributed by atoms with Crippen molar-refractivity contribution in [3.63, 3.8) is 0 Å². The third-order valence-electron chi connectivity index (χ3n) is 4.36. The fourth-order valence-corrected chi connectivity index (χ4v) is 3.04. The number of hydrogen-bond donors (Lipinski definition) is 3. The molecule has 0 aromatic heterocycles. The molecule has 2 atom stereocenters. The van der Waals surface area contributed by atoms with Gasteiger partial charge in [0.15, 0.2) is 6.10 Å². The first-order chi connectivity index (χ1) is 12.9. The van der Waals surface area contributed by atoms with Crippen LogP contribution in [0.1, 0.15) is 30.0 Å². The number of fused-ring (bicyclic) bond motifs is 1. The standard InChI is InChI=1S/C20H20N2O5/c1-12-6-2-3-7-13(12)15(10-19(24)25)21-18(23)11-17-20(26)22-14-8-4-5-9-16(14)27-17/h2-9,15,17H,10-11H2,1H3,(H,21,23)(H,22,26)(H,24,25). The summed E-state index contributed by atoms with van der Waals surface area (Å²) in [6, 6.07) is 13.5. The number of hydrogen-bond acceptors (Lipinski definition) is 4. The number of nitrogens with one attached hydrogen (secondary N) is 2. The molecule has 0 saturated carbocycles. The van der Waals surface area contributed by atoms with Crippen molar-refractivity contribution in [2.24, 2.45) is 0 Å². The van der Waals surface area contributed by atoms with E-state index < -0.39 is 29.9 Å². The maximum atomic E-state index is 12.5. The lowest BCUT2D eigenvalue weighted by Crippen LogP contribution is -2.42. The molecule has 0 spiro atoms. The van der Waals surface area contributed by atoms with Crippen molar-refractivity contribution in [1.82, 2.24) is 5.32 Å². The van der Waals surface area contributed by atoms with Crippen LogP contribution in [0, 0.1) is 6.92 Å². The minimum atomic E-state index is -1.02. The van der Waals surface area contributed by atoms with E-state index in [1.54, 1.807) is 36.4 Å². The van der Waals surface area contributed by atoms with Crippen LogP contribution in [-0.4, -0.2) is 29.0 Å².